The van der Waals surface area contributed by atoms with Crippen molar-refractivity contribution in [3.63, 3.8) is 0 Å². The minimum atomic E-state index is -0.255. The van der Waals surface area contributed by atoms with Crippen molar-refractivity contribution in [3.8, 4) is 0 Å². The molecule has 4 nitrogen and oxygen atoms in total. The molecule has 1 fully saturated rings. The molecule has 1 N–H and O–H groups in total. The molecule has 19 heavy (non-hydrogen) atoms. The summed E-state index contributed by atoms with van der Waals surface area (Å²) in [6.45, 7) is 4.17. The third kappa shape index (κ3) is 3.45. The molecule has 1 heterocycles. The second-order valence-corrected chi connectivity index (χ2v) is 6.40. The summed E-state index contributed by atoms with van der Waals surface area (Å²) in [5.74, 6) is 2.01. The van der Waals surface area contributed by atoms with E-state index in [9.17, 15) is 5.11 Å². The van der Waals surface area contributed by atoms with Crippen molar-refractivity contribution >= 4 is 21.7 Å². The fourth-order valence-corrected chi connectivity index (χ4v) is 2.96. The summed E-state index contributed by atoms with van der Waals surface area (Å²) in [6, 6.07) is 2.09. The van der Waals surface area contributed by atoms with Crippen molar-refractivity contribution in [2.24, 2.45) is 0 Å². The highest BCUT2D eigenvalue weighted by molar-refractivity contribution is 9.10. The monoisotopic (exact) mass is 327 g/mol. The smallest absolute Gasteiger partial charge is 0.134 e. The van der Waals surface area contributed by atoms with E-state index in [1.54, 1.807) is 0 Å². The minimum absolute atomic E-state index is 0.163. The Bertz CT molecular complexity index is 439. The van der Waals surface area contributed by atoms with E-state index in [0.717, 1.165) is 35.5 Å². The fraction of sp³-hybridized carbons (Fsp3) is 0.714. The van der Waals surface area contributed by atoms with Gasteiger partial charge >= 0.3 is 0 Å². The van der Waals surface area contributed by atoms with Gasteiger partial charge in [-0.25, -0.2) is 9.97 Å². The first-order valence-electron chi connectivity index (χ1n) is 6.94. The molecule has 5 heteroatoms. The standard InChI is InChI=1S/C14H22BrN3O/c1-9(2)14-16-12(15)8-13(17-14)18(3)10-6-4-5-7-11(10)19/h8-11,19H,4-7H2,1-3H3. The normalized spacial score (nSPS) is 23.7. The van der Waals surface area contributed by atoms with Crippen molar-refractivity contribution in [1.29, 1.82) is 0 Å². The lowest BCUT2D eigenvalue weighted by Crippen LogP contribution is -2.44. The van der Waals surface area contributed by atoms with Gasteiger partial charge in [0.25, 0.3) is 0 Å². The topological polar surface area (TPSA) is 49.2 Å². The molecular weight excluding hydrogens is 306 g/mol. The summed E-state index contributed by atoms with van der Waals surface area (Å²) in [5.41, 5.74) is 0. The van der Waals surface area contributed by atoms with Gasteiger partial charge in [0.1, 0.15) is 16.2 Å². The summed E-state index contributed by atoms with van der Waals surface area (Å²) in [4.78, 5) is 11.1. The van der Waals surface area contributed by atoms with Gasteiger partial charge in [-0.1, -0.05) is 26.7 Å². The highest BCUT2D eigenvalue weighted by atomic mass is 79.9. The molecule has 0 aromatic carbocycles. The van der Waals surface area contributed by atoms with Crippen LogP contribution in [0, 0.1) is 0 Å². The Labute approximate surface area is 123 Å². The zero-order chi connectivity index (χ0) is 14.0. The minimum Gasteiger partial charge on any atom is -0.391 e. The molecule has 0 aliphatic heterocycles. The Balaban J connectivity index is 2.24. The molecule has 2 unspecified atom stereocenters. The molecule has 0 amide bonds. The van der Waals surface area contributed by atoms with E-state index in [4.69, 9.17) is 0 Å². The zero-order valence-electron chi connectivity index (χ0n) is 11.8. The molecule has 106 valence electrons. The molecule has 1 aliphatic rings. The number of hydrogen-bond donors (Lipinski definition) is 1. The van der Waals surface area contributed by atoms with Crippen LogP contribution in [0.4, 0.5) is 5.82 Å². The Kier molecular flexibility index (Phi) is 4.79. The molecular formula is C14H22BrN3O. The van der Waals surface area contributed by atoms with E-state index < -0.39 is 0 Å². The van der Waals surface area contributed by atoms with Crippen LogP contribution in [0.5, 0.6) is 0 Å². The van der Waals surface area contributed by atoms with Gasteiger partial charge in [0.15, 0.2) is 0 Å². The number of halogens is 1. The van der Waals surface area contributed by atoms with Crippen molar-refractivity contribution < 1.29 is 5.11 Å². The van der Waals surface area contributed by atoms with E-state index >= 15 is 0 Å². The van der Waals surface area contributed by atoms with E-state index in [1.807, 2.05) is 13.1 Å². The molecule has 0 radical (unpaired) electrons. The molecule has 2 rings (SSSR count). The molecule has 1 aromatic rings. The maximum absolute atomic E-state index is 10.2. The fourth-order valence-electron chi connectivity index (χ4n) is 2.58. The van der Waals surface area contributed by atoms with E-state index in [0.29, 0.717) is 5.92 Å². The second kappa shape index (κ2) is 6.18. The first-order valence-corrected chi connectivity index (χ1v) is 7.73. The molecule has 2 atom stereocenters. The predicted molar refractivity (Wildman–Crippen MR) is 80.5 cm³/mol. The van der Waals surface area contributed by atoms with Crippen LogP contribution in [0.2, 0.25) is 0 Å². The van der Waals surface area contributed by atoms with Gasteiger partial charge in [0.2, 0.25) is 0 Å². The third-order valence-electron chi connectivity index (χ3n) is 3.77. The number of rotatable bonds is 3. The molecule has 1 aromatic heterocycles. The average molecular weight is 328 g/mol. The Hall–Kier alpha value is -0.680. The summed E-state index contributed by atoms with van der Waals surface area (Å²) >= 11 is 3.45. The SMILES string of the molecule is CC(C)c1nc(Br)cc(N(C)C2CCCCC2O)n1. The number of aliphatic hydroxyl groups is 1. The van der Waals surface area contributed by atoms with Crippen LogP contribution in [0.3, 0.4) is 0 Å². The third-order valence-corrected chi connectivity index (χ3v) is 4.17. The number of aromatic nitrogens is 2. The van der Waals surface area contributed by atoms with Crippen LogP contribution in [0.25, 0.3) is 0 Å². The van der Waals surface area contributed by atoms with Gasteiger partial charge in [-0.3, -0.25) is 0 Å². The van der Waals surface area contributed by atoms with Gasteiger partial charge < -0.3 is 10.0 Å². The number of anilines is 1. The van der Waals surface area contributed by atoms with Crippen LogP contribution < -0.4 is 4.90 Å². The van der Waals surface area contributed by atoms with Crippen molar-refractivity contribution in [3.05, 3.63) is 16.5 Å². The van der Waals surface area contributed by atoms with Gasteiger partial charge in [0, 0.05) is 19.0 Å². The number of hydrogen-bond acceptors (Lipinski definition) is 4. The lowest BCUT2D eigenvalue weighted by atomic mass is 9.91. The van der Waals surface area contributed by atoms with Crippen molar-refractivity contribution in [1.82, 2.24) is 9.97 Å². The summed E-state index contributed by atoms with van der Waals surface area (Å²) in [6.07, 6.45) is 3.95. The number of likely N-dealkylation sites (N-methyl/N-ethyl adjacent to an activating group) is 1. The van der Waals surface area contributed by atoms with Crippen LogP contribution in [-0.4, -0.2) is 34.3 Å². The number of nitrogens with zero attached hydrogens (tertiary/aromatic N) is 3. The Morgan fingerprint density at radius 2 is 2.00 bits per heavy atom. The maximum atomic E-state index is 10.2. The van der Waals surface area contributed by atoms with Gasteiger partial charge in [-0.05, 0) is 28.8 Å². The highest BCUT2D eigenvalue weighted by Crippen LogP contribution is 2.27. The Morgan fingerprint density at radius 3 is 2.63 bits per heavy atom. The average Bonchev–Trinajstić information content (AvgIpc) is 2.37. The maximum Gasteiger partial charge on any atom is 0.134 e. The molecule has 1 aliphatic carbocycles. The summed E-state index contributed by atoms with van der Waals surface area (Å²) in [5, 5.41) is 10.2. The van der Waals surface area contributed by atoms with Crippen molar-refractivity contribution in [2.75, 3.05) is 11.9 Å². The highest BCUT2D eigenvalue weighted by Gasteiger charge is 2.27. The molecule has 0 spiro atoms. The van der Waals surface area contributed by atoms with Crippen LogP contribution in [-0.2, 0) is 0 Å². The van der Waals surface area contributed by atoms with E-state index in [2.05, 4.69) is 44.6 Å². The van der Waals surface area contributed by atoms with Gasteiger partial charge in [-0.15, -0.1) is 0 Å². The van der Waals surface area contributed by atoms with Gasteiger partial charge in [-0.2, -0.15) is 0 Å². The first kappa shape index (κ1) is 14.7. The van der Waals surface area contributed by atoms with Crippen LogP contribution >= 0.6 is 15.9 Å². The summed E-state index contributed by atoms with van der Waals surface area (Å²) in [7, 11) is 2.01. The van der Waals surface area contributed by atoms with E-state index in [1.165, 1.54) is 6.42 Å². The largest absolute Gasteiger partial charge is 0.391 e. The second-order valence-electron chi connectivity index (χ2n) is 5.59. The Morgan fingerprint density at radius 1 is 1.32 bits per heavy atom. The summed E-state index contributed by atoms with van der Waals surface area (Å²) < 4.78 is 0.804. The zero-order valence-corrected chi connectivity index (χ0v) is 13.4. The van der Waals surface area contributed by atoms with Crippen molar-refractivity contribution in [2.45, 2.75) is 57.6 Å². The first-order chi connectivity index (χ1) is 8.99. The van der Waals surface area contributed by atoms with E-state index in [-0.39, 0.29) is 12.1 Å². The quantitative estimate of drug-likeness (QED) is 0.866. The van der Waals surface area contributed by atoms with Gasteiger partial charge in [0.05, 0.1) is 12.1 Å². The molecule has 1 saturated carbocycles. The lowest BCUT2D eigenvalue weighted by molar-refractivity contribution is 0.106. The number of aliphatic hydroxyl groups excluding tert-OH is 1. The lowest BCUT2D eigenvalue weighted by Gasteiger charge is -2.36. The molecule has 0 bridgehead atoms. The van der Waals surface area contributed by atoms with Crippen LogP contribution in [0.1, 0.15) is 51.3 Å². The predicted octanol–water partition coefficient (Wildman–Crippen LogP) is 3.10. The van der Waals surface area contributed by atoms with Crippen LogP contribution in [0.15, 0.2) is 10.7 Å². The molecule has 0 saturated heterocycles.